The van der Waals surface area contributed by atoms with Crippen LogP contribution >= 0.6 is 11.8 Å². The van der Waals surface area contributed by atoms with Gasteiger partial charge in [0.25, 0.3) is 0 Å². The lowest BCUT2D eigenvalue weighted by Crippen LogP contribution is -2.37. The van der Waals surface area contributed by atoms with E-state index in [1.54, 1.807) is 0 Å². The van der Waals surface area contributed by atoms with Crippen molar-refractivity contribution in [3.63, 3.8) is 0 Å². The molecule has 0 fully saturated rings. The summed E-state index contributed by atoms with van der Waals surface area (Å²) in [6.45, 7) is 5.17. The number of amides is 2. The number of hydrogen-bond donors (Lipinski definition) is 2. The molecule has 4 rings (SSSR count). The van der Waals surface area contributed by atoms with Crippen LogP contribution in [0.4, 0.5) is 5.69 Å². The molecule has 0 spiro atoms. The van der Waals surface area contributed by atoms with Crippen LogP contribution in [0.25, 0.3) is 0 Å². The number of anilines is 1. The van der Waals surface area contributed by atoms with E-state index in [4.69, 9.17) is 9.47 Å². The van der Waals surface area contributed by atoms with Gasteiger partial charge < -0.3 is 20.1 Å². The molecule has 0 saturated carbocycles. The summed E-state index contributed by atoms with van der Waals surface area (Å²) in [5.74, 6) is 1.32. The predicted molar refractivity (Wildman–Crippen MR) is 112 cm³/mol. The quantitative estimate of drug-likeness (QED) is 0.782. The predicted octanol–water partition coefficient (Wildman–Crippen LogP) is 3.77. The van der Waals surface area contributed by atoms with E-state index < -0.39 is 5.25 Å². The van der Waals surface area contributed by atoms with Gasteiger partial charge in [-0.1, -0.05) is 32.0 Å². The van der Waals surface area contributed by atoms with Gasteiger partial charge in [-0.05, 0) is 35.7 Å². The van der Waals surface area contributed by atoms with E-state index in [0.29, 0.717) is 19.0 Å². The summed E-state index contributed by atoms with van der Waals surface area (Å²) < 4.78 is 11.3. The van der Waals surface area contributed by atoms with Crippen molar-refractivity contribution in [2.45, 2.75) is 36.5 Å². The van der Waals surface area contributed by atoms with Gasteiger partial charge in [0.05, 0.1) is 17.0 Å². The van der Waals surface area contributed by atoms with Crippen LogP contribution in [0.2, 0.25) is 0 Å². The molecule has 2 heterocycles. The molecule has 0 aromatic heterocycles. The normalized spacial score (nSPS) is 18.6. The SMILES string of the molecule is CC(C)[C@@H](NC(=O)C[C@H]1Sc2ccccc2NC1=O)c1ccc2c(c1)OCCO2. The molecule has 2 aromatic carbocycles. The molecular formula is C22H24N2O4S. The zero-order chi connectivity index (χ0) is 20.4. The van der Waals surface area contributed by atoms with Gasteiger partial charge in [-0.2, -0.15) is 0 Å². The molecule has 0 unspecified atom stereocenters. The Hall–Kier alpha value is -2.67. The molecule has 7 heteroatoms. The standard InChI is InChI=1S/C22H24N2O4S/c1-13(2)21(14-7-8-16-17(11-14)28-10-9-27-16)24-20(25)12-19-22(26)23-15-5-3-4-6-18(15)29-19/h3-8,11,13,19,21H,9-10,12H2,1-2H3,(H,23,26)(H,24,25)/t19-,21-/m1/s1. The first-order valence-electron chi connectivity index (χ1n) is 9.76. The molecule has 2 aliphatic rings. The monoisotopic (exact) mass is 412 g/mol. The third-order valence-corrected chi connectivity index (χ3v) is 6.26. The Kier molecular flexibility index (Phi) is 5.67. The third kappa shape index (κ3) is 4.34. The molecule has 6 nitrogen and oxygen atoms in total. The Labute approximate surface area is 174 Å². The third-order valence-electron chi connectivity index (χ3n) is 4.99. The van der Waals surface area contributed by atoms with Crippen molar-refractivity contribution >= 4 is 29.3 Å². The van der Waals surface area contributed by atoms with Gasteiger partial charge in [0, 0.05) is 11.3 Å². The number of para-hydroxylation sites is 1. The first-order chi connectivity index (χ1) is 14.0. The number of benzene rings is 2. The number of rotatable bonds is 5. The molecule has 2 aromatic rings. The maximum absolute atomic E-state index is 12.8. The van der Waals surface area contributed by atoms with Gasteiger partial charge in [-0.3, -0.25) is 9.59 Å². The van der Waals surface area contributed by atoms with Crippen LogP contribution in [-0.2, 0) is 9.59 Å². The highest BCUT2D eigenvalue weighted by Crippen LogP contribution is 2.37. The summed E-state index contributed by atoms with van der Waals surface area (Å²) in [4.78, 5) is 26.2. The van der Waals surface area contributed by atoms with Gasteiger partial charge in [0.1, 0.15) is 13.2 Å². The Morgan fingerprint density at radius 1 is 1.17 bits per heavy atom. The Bertz CT molecular complexity index is 931. The lowest BCUT2D eigenvalue weighted by Gasteiger charge is -2.27. The highest BCUT2D eigenvalue weighted by molar-refractivity contribution is 8.01. The second-order valence-electron chi connectivity index (χ2n) is 7.49. The van der Waals surface area contributed by atoms with Gasteiger partial charge in [-0.15, -0.1) is 11.8 Å². The van der Waals surface area contributed by atoms with Gasteiger partial charge in [0.15, 0.2) is 11.5 Å². The second kappa shape index (κ2) is 8.37. The molecule has 0 saturated heterocycles. The summed E-state index contributed by atoms with van der Waals surface area (Å²) in [5, 5.41) is 5.54. The zero-order valence-corrected chi connectivity index (χ0v) is 17.3. The van der Waals surface area contributed by atoms with Crippen molar-refractivity contribution in [2.75, 3.05) is 18.5 Å². The molecule has 0 aliphatic carbocycles. The van der Waals surface area contributed by atoms with Crippen molar-refractivity contribution in [3.05, 3.63) is 48.0 Å². The first-order valence-corrected chi connectivity index (χ1v) is 10.6. The maximum Gasteiger partial charge on any atom is 0.238 e. The maximum atomic E-state index is 12.8. The van der Waals surface area contributed by atoms with Crippen LogP contribution in [-0.4, -0.2) is 30.3 Å². The summed E-state index contributed by atoms with van der Waals surface area (Å²) in [6.07, 6.45) is 0.124. The highest BCUT2D eigenvalue weighted by atomic mass is 32.2. The number of carbonyl (C=O) groups excluding carboxylic acids is 2. The fourth-order valence-corrected chi connectivity index (χ4v) is 4.63. The zero-order valence-electron chi connectivity index (χ0n) is 16.4. The summed E-state index contributed by atoms with van der Waals surface area (Å²) in [7, 11) is 0. The Balaban J connectivity index is 1.45. The summed E-state index contributed by atoms with van der Waals surface area (Å²) in [6, 6.07) is 13.2. The second-order valence-corrected chi connectivity index (χ2v) is 8.73. The van der Waals surface area contributed by atoms with Crippen LogP contribution < -0.4 is 20.1 Å². The average Bonchev–Trinajstić information content (AvgIpc) is 2.72. The number of ether oxygens (including phenoxy) is 2. The fraction of sp³-hybridized carbons (Fsp3) is 0.364. The number of hydrogen-bond acceptors (Lipinski definition) is 5. The molecular weight excluding hydrogens is 388 g/mol. The van der Waals surface area contributed by atoms with Crippen molar-refractivity contribution in [1.29, 1.82) is 0 Å². The fourth-order valence-electron chi connectivity index (χ4n) is 3.52. The van der Waals surface area contributed by atoms with Gasteiger partial charge in [-0.25, -0.2) is 0 Å². The smallest absolute Gasteiger partial charge is 0.238 e. The molecule has 2 N–H and O–H groups in total. The molecule has 29 heavy (non-hydrogen) atoms. The number of carbonyl (C=O) groups is 2. The van der Waals surface area contributed by atoms with Crippen molar-refractivity contribution in [1.82, 2.24) is 5.32 Å². The van der Waals surface area contributed by atoms with E-state index in [0.717, 1.165) is 21.9 Å². The van der Waals surface area contributed by atoms with Crippen LogP contribution in [0, 0.1) is 5.92 Å². The molecule has 2 atom stereocenters. The summed E-state index contributed by atoms with van der Waals surface area (Å²) in [5.41, 5.74) is 1.76. The van der Waals surface area contributed by atoms with Crippen LogP contribution in [0.1, 0.15) is 31.9 Å². The summed E-state index contributed by atoms with van der Waals surface area (Å²) >= 11 is 1.43. The largest absolute Gasteiger partial charge is 0.486 e. The van der Waals surface area contributed by atoms with Crippen molar-refractivity contribution in [2.24, 2.45) is 5.92 Å². The van der Waals surface area contributed by atoms with E-state index in [2.05, 4.69) is 24.5 Å². The van der Waals surface area contributed by atoms with E-state index >= 15 is 0 Å². The molecule has 2 amide bonds. The molecule has 2 aliphatic heterocycles. The molecule has 0 bridgehead atoms. The Morgan fingerprint density at radius 2 is 1.93 bits per heavy atom. The van der Waals surface area contributed by atoms with Gasteiger partial charge >= 0.3 is 0 Å². The van der Waals surface area contributed by atoms with Crippen molar-refractivity contribution < 1.29 is 19.1 Å². The topological polar surface area (TPSA) is 76.7 Å². The van der Waals surface area contributed by atoms with Crippen molar-refractivity contribution in [3.8, 4) is 11.5 Å². The minimum absolute atomic E-state index is 0.124. The van der Waals surface area contributed by atoms with E-state index in [9.17, 15) is 9.59 Å². The van der Waals surface area contributed by atoms with Gasteiger partial charge in [0.2, 0.25) is 11.8 Å². The minimum Gasteiger partial charge on any atom is -0.486 e. The molecule has 0 radical (unpaired) electrons. The van der Waals surface area contributed by atoms with E-state index in [1.807, 2.05) is 42.5 Å². The number of fused-ring (bicyclic) bond motifs is 2. The number of thioether (sulfide) groups is 1. The average molecular weight is 413 g/mol. The van der Waals surface area contributed by atoms with Crippen LogP contribution in [0.15, 0.2) is 47.4 Å². The highest BCUT2D eigenvalue weighted by Gasteiger charge is 2.30. The Morgan fingerprint density at radius 3 is 2.72 bits per heavy atom. The van der Waals surface area contributed by atoms with Crippen LogP contribution in [0.5, 0.6) is 11.5 Å². The number of nitrogens with one attached hydrogen (secondary N) is 2. The lowest BCUT2D eigenvalue weighted by molar-refractivity contribution is -0.124. The molecule has 152 valence electrons. The van der Waals surface area contributed by atoms with E-state index in [1.165, 1.54) is 11.8 Å². The van der Waals surface area contributed by atoms with E-state index in [-0.39, 0.29) is 30.2 Å². The first kappa shape index (κ1) is 19.6. The minimum atomic E-state index is -0.446. The van der Waals surface area contributed by atoms with Crippen LogP contribution in [0.3, 0.4) is 0 Å². The lowest BCUT2D eigenvalue weighted by atomic mass is 9.95.